The molecule has 4 heteroatoms. The van der Waals surface area contributed by atoms with Crippen molar-refractivity contribution in [2.75, 3.05) is 39.3 Å². The normalized spacial score (nSPS) is 23.5. The Labute approximate surface area is 120 Å². The Hall–Kier alpha value is -0.970. The Balaban J connectivity index is 1.57. The molecule has 1 aromatic rings. The molecule has 2 heterocycles. The summed E-state index contributed by atoms with van der Waals surface area (Å²) in [4.78, 5) is 5.13. The van der Waals surface area contributed by atoms with Crippen molar-refractivity contribution in [3.8, 4) is 0 Å². The van der Waals surface area contributed by atoms with E-state index in [1.807, 2.05) is 12.1 Å². The van der Waals surface area contributed by atoms with Crippen LogP contribution in [0.4, 0.5) is 4.39 Å². The van der Waals surface area contributed by atoms with Crippen LogP contribution in [0.5, 0.6) is 0 Å². The number of halogens is 1. The summed E-state index contributed by atoms with van der Waals surface area (Å²) in [5.41, 5.74) is 1.24. The first-order valence-electron chi connectivity index (χ1n) is 7.72. The van der Waals surface area contributed by atoms with Gasteiger partial charge in [-0.2, -0.15) is 0 Å². The van der Waals surface area contributed by atoms with E-state index in [0.29, 0.717) is 12.1 Å². The topological polar surface area (TPSA) is 18.5 Å². The van der Waals surface area contributed by atoms with Gasteiger partial charge >= 0.3 is 0 Å². The lowest BCUT2D eigenvalue weighted by Gasteiger charge is -2.50. The fourth-order valence-electron chi connectivity index (χ4n) is 3.41. The molecule has 0 bridgehead atoms. The summed E-state index contributed by atoms with van der Waals surface area (Å²) in [5.74, 6) is -0.147. The summed E-state index contributed by atoms with van der Waals surface area (Å²) in [5, 5.41) is 3.40. The molecule has 1 aromatic carbocycles. The second-order valence-electron chi connectivity index (χ2n) is 5.87. The summed E-state index contributed by atoms with van der Waals surface area (Å²) in [6.45, 7) is 9.09. The second kappa shape index (κ2) is 6.20. The molecular weight excluding hydrogens is 253 g/mol. The van der Waals surface area contributed by atoms with Crippen LogP contribution in [0.1, 0.15) is 24.9 Å². The highest BCUT2D eigenvalue weighted by Gasteiger charge is 2.35. The van der Waals surface area contributed by atoms with Crippen molar-refractivity contribution in [2.24, 2.45) is 0 Å². The number of hydrogen-bond acceptors (Lipinski definition) is 3. The van der Waals surface area contributed by atoms with Crippen molar-refractivity contribution in [3.05, 3.63) is 35.6 Å². The van der Waals surface area contributed by atoms with Gasteiger partial charge in [0.15, 0.2) is 0 Å². The van der Waals surface area contributed by atoms with Crippen molar-refractivity contribution in [1.82, 2.24) is 15.1 Å². The zero-order valence-electron chi connectivity index (χ0n) is 12.2. The smallest absolute Gasteiger partial charge is 0.123 e. The number of rotatable bonds is 4. The van der Waals surface area contributed by atoms with Crippen molar-refractivity contribution in [1.29, 1.82) is 0 Å². The predicted molar refractivity (Wildman–Crippen MR) is 79.2 cm³/mol. The minimum atomic E-state index is -0.147. The lowest BCUT2D eigenvalue weighted by molar-refractivity contribution is -0.00234. The monoisotopic (exact) mass is 277 g/mol. The van der Waals surface area contributed by atoms with Crippen LogP contribution < -0.4 is 5.32 Å². The molecule has 2 aliphatic heterocycles. The van der Waals surface area contributed by atoms with E-state index in [-0.39, 0.29) is 5.82 Å². The summed E-state index contributed by atoms with van der Waals surface area (Å²) >= 11 is 0. The van der Waals surface area contributed by atoms with Gasteiger partial charge in [-0.1, -0.05) is 19.1 Å². The molecule has 0 amide bonds. The summed E-state index contributed by atoms with van der Waals surface area (Å²) in [6.07, 6.45) is 1.08. The minimum absolute atomic E-state index is 0.147. The zero-order valence-corrected chi connectivity index (χ0v) is 12.2. The number of hydrogen-bond donors (Lipinski definition) is 1. The third kappa shape index (κ3) is 2.87. The number of nitrogens with zero attached hydrogens (tertiary/aromatic N) is 2. The first-order chi connectivity index (χ1) is 9.78. The van der Waals surface area contributed by atoms with Gasteiger partial charge in [-0.3, -0.25) is 9.80 Å². The molecule has 3 nitrogen and oxygen atoms in total. The average Bonchev–Trinajstić information content (AvgIpc) is 2.44. The van der Waals surface area contributed by atoms with E-state index < -0.39 is 0 Å². The van der Waals surface area contributed by atoms with Crippen LogP contribution in [0, 0.1) is 5.82 Å². The molecule has 1 atom stereocenters. The number of likely N-dealkylation sites (tertiary alicyclic amines) is 1. The molecule has 20 heavy (non-hydrogen) atoms. The van der Waals surface area contributed by atoms with E-state index in [9.17, 15) is 4.39 Å². The first kappa shape index (κ1) is 14.0. The summed E-state index contributed by atoms with van der Waals surface area (Å²) < 4.78 is 13.0. The third-order valence-electron chi connectivity index (χ3n) is 4.64. The Morgan fingerprint density at radius 2 is 1.85 bits per heavy atom. The molecule has 1 unspecified atom stereocenters. The highest BCUT2D eigenvalue weighted by molar-refractivity contribution is 5.21. The van der Waals surface area contributed by atoms with Crippen LogP contribution in [0.3, 0.4) is 0 Å². The molecule has 3 rings (SSSR count). The van der Waals surface area contributed by atoms with Crippen LogP contribution in [-0.2, 0) is 0 Å². The molecule has 0 saturated carbocycles. The molecule has 0 spiro atoms. The fraction of sp³-hybridized carbons (Fsp3) is 0.625. The zero-order chi connectivity index (χ0) is 13.9. The van der Waals surface area contributed by atoms with E-state index in [2.05, 4.69) is 22.0 Å². The summed E-state index contributed by atoms with van der Waals surface area (Å²) in [6, 6.07) is 8.17. The van der Waals surface area contributed by atoms with E-state index in [1.165, 1.54) is 18.7 Å². The quantitative estimate of drug-likeness (QED) is 0.906. The standard InChI is InChI=1S/C16H24FN3/c1-2-16(13-3-5-14(17)6-4-13)20-11-15(12-20)19-9-7-18-8-10-19/h3-6,15-16,18H,2,7-12H2,1H3. The van der Waals surface area contributed by atoms with Gasteiger partial charge < -0.3 is 5.32 Å². The maximum atomic E-state index is 13.0. The number of nitrogens with one attached hydrogen (secondary N) is 1. The first-order valence-corrected chi connectivity index (χ1v) is 7.72. The minimum Gasteiger partial charge on any atom is -0.314 e. The van der Waals surface area contributed by atoms with Gasteiger partial charge in [0.1, 0.15) is 5.82 Å². The average molecular weight is 277 g/mol. The molecule has 110 valence electrons. The van der Waals surface area contributed by atoms with Crippen LogP contribution in [-0.4, -0.2) is 55.1 Å². The van der Waals surface area contributed by atoms with Gasteiger partial charge in [0.05, 0.1) is 0 Å². The molecule has 2 aliphatic rings. The Bertz CT molecular complexity index is 422. The lowest BCUT2D eigenvalue weighted by Crippen LogP contribution is -2.63. The van der Waals surface area contributed by atoms with Gasteiger partial charge in [0.2, 0.25) is 0 Å². The molecular formula is C16H24FN3. The highest BCUT2D eigenvalue weighted by atomic mass is 19.1. The highest BCUT2D eigenvalue weighted by Crippen LogP contribution is 2.30. The third-order valence-corrected chi connectivity index (χ3v) is 4.64. The fourth-order valence-corrected chi connectivity index (χ4v) is 3.41. The van der Waals surface area contributed by atoms with Crippen molar-refractivity contribution >= 4 is 0 Å². The van der Waals surface area contributed by atoms with Gasteiger partial charge in [0, 0.05) is 51.4 Å². The second-order valence-corrected chi connectivity index (χ2v) is 5.87. The van der Waals surface area contributed by atoms with Gasteiger partial charge in [-0.05, 0) is 24.1 Å². The van der Waals surface area contributed by atoms with E-state index in [4.69, 9.17) is 0 Å². The molecule has 2 fully saturated rings. The van der Waals surface area contributed by atoms with Gasteiger partial charge in [0.25, 0.3) is 0 Å². The maximum Gasteiger partial charge on any atom is 0.123 e. The predicted octanol–water partition coefficient (Wildman–Crippen LogP) is 1.87. The lowest BCUT2D eigenvalue weighted by atomic mass is 9.96. The largest absolute Gasteiger partial charge is 0.314 e. The molecule has 0 radical (unpaired) electrons. The maximum absolute atomic E-state index is 13.0. The van der Waals surface area contributed by atoms with Crippen LogP contribution in [0.15, 0.2) is 24.3 Å². The molecule has 0 aliphatic carbocycles. The van der Waals surface area contributed by atoms with Crippen LogP contribution >= 0.6 is 0 Å². The summed E-state index contributed by atoms with van der Waals surface area (Å²) in [7, 11) is 0. The van der Waals surface area contributed by atoms with Crippen LogP contribution in [0.2, 0.25) is 0 Å². The van der Waals surface area contributed by atoms with Gasteiger partial charge in [-0.25, -0.2) is 4.39 Å². The van der Waals surface area contributed by atoms with Crippen LogP contribution in [0.25, 0.3) is 0 Å². The van der Waals surface area contributed by atoms with E-state index >= 15 is 0 Å². The van der Waals surface area contributed by atoms with Crippen molar-refractivity contribution in [2.45, 2.75) is 25.4 Å². The van der Waals surface area contributed by atoms with Gasteiger partial charge in [-0.15, -0.1) is 0 Å². The Morgan fingerprint density at radius 1 is 1.20 bits per heavy atom. The van der Waals surface area contributed by atoms with E-state index in [0.717, 1.165) is 32.6 Å². The molecule has 2 saturated heterocycles. The molecule has 0 aromatic heterocycles. The van der Waals surface area contributed by atoms with Crippen molar-refractivity contribution in [3.63, 3.8) is 0 Å². The molecule has 1 N–H and O–H groups in total. The SMILES string of the molecule is CCC(c1ccc(F)cc1)N1CC(N2CCNCC2)C1. The Morgan fingerprint density at radius 3 is 2.45 bits per heavy atom. The number of piperazine rings is 1. The van der Waals surface area contributed by atoms with E-state index in [1.54, 1.807) is 12.1 Å². The Kier molecular flexibility index (Phi) is 4.34. The number of benzene rings is 1. The van der Waals surface area contributed by atoms with Crippen molar-refractivity contribution < 1.29 is 4.39 Å².